The van der Waals surface area contributed by atoms with E-state index in [0.717, 1.165) is 37.8 Å². The second-order valence-corrected chi connectivity index (χ2v) is 5.94. The summed E-state index contributed by atoms with van der Waals surface area (Å²) in [4.78, 5) is 7.99. The summed E-state index contributed by atoms with van der Waals surface area (Å²) in [6, 6.07) is 0. The van der Waals surface area contributed by atoms with Crippen molar-refractivity contribution in [2.45, 2.75) is 32.7 Å². The van der Waals surface area contributed by atoms with Gasteiger partial charge in [0.25, 0.3) is 0 Å². The second kappa shape index (κ2) is 5.75. The maximum absolute atomic E-state index is 5.21. The first-order valence-electron chi connectivity index (χ1n) is 6.57. The highest BCUT2D eigenvalue weighted by molar-refractivity contribution is 7.05. The number of hydrogen-bond donors (Lipinski definition) is 0. The van der Waals surface area contributed by atoms with E-state index in [2.05, 4.69) is 24.6 Å². The summed E-state index contributed by atoms with van der Waals surface area (Å²) in [7, 11) is 0. The Labute approximate surface area is 116 Å². The molecule has 1 atom stereocenters. The minimum Gasteiger partial charge on any atom is -0.339 e. The van der Waals surface area contributed by atoms with Gasteiger partial charge in [0.05, 0.1) is 11.1 Å². The molecule has 0 bridgehead atoms. The van der Waals surface area contributed by atoms with E-state index in [0.29, 0.717) is 5.92 Å². The van der Waals surface area contributed by atoms with E-state index in [1.165, 1.54) is 29.3 Å². The predicted octanol–water partition coefficient (Wildman–Crippen LogP) is 1.68. The monoisotopic (exact) mass is 279 g/mol. The first-order chi connectivity index (χ1) is 9.29. The maximum atomic E-state index is 5.21. The molecule has 3 heterocycles. The molecule has 0 radical (unpaired) electrons. The van der Waals surface area contributed by atoms with Crippen molar-refractivity contribution in [3.8, 4) is 0 Å². The van der Waals surface area contributed by atoms with Crippen LogP contribution in [0.25, 0.3) is 0 Å². The molecule has 1 aliphatic heterocycles. The quantitative estimate of drug-likeness (QED) is 0.848. The fourth-order valence-electron chi connectivity index (χ4n) is 2.61. The minimum absolute atomic E-state index is 0.606. The van der Waals surface area contributed by atoms with Crippen LogP contribution < -0.4 is 0 Å². The van der Waals surface area contributed by atoms with E-state index in [4.69, 9.17) is 4.52 Å². The van der Waals surface area contributed by atoms with Crippen LogP contribution in [0.3, 0.4) is 0 Å². The molecular formula is C12H17N5OS. The highest BCUT2D eigenvalue weighted by Gasteiger charge is 2.22. The van der Waals surface area contributed by atoms with E-state index >= 15 is 0 Å². The maximum Gasteiger partial charge on any atom is 0.226 e. The highest BCUT2D eigenvalue weighted by Crippen LogP contribution is 2.22. The van der Waals surface area contributed by atoms with Crippen molar-refractivity contribution >= 4 is 11.5 Å². The van der Waals surface area contributed by atoms with Gasteiger partial charge in [-0.25, -0.2) is 0 Å². The Morgan fingerprint density at radius 3 is 3.21 bits per heavy atom. The highest BCUT2D eigenvalue weighted by atomic mass is 32.1. The second-order valence-electron chi connectivity index (χ2n) is 5.07. The third-order valence-corrected chi connectivity index (χ3v) is 4.07. The molecule has 0 saturated carbocycles. The normalized spacial score (nSPS) is 20.8. The number of aromatic nitrogens is 4. The Morgan fingerprint density at radius 2 is 2.47 bits per heavy atom. The van der Waals surface area contributed by atoms with E-state index in [-0.39, 0.29) is 0 Å². The topological polar surface area (TPSA) is 67.9 Å². The predicted molar refractivity (Wildman–Crippen MR) is 70.6 cm³/mol. The molecule has 0 unspecified atom stereocenters. The van der Waals surface area contributed by atoms with Crippen molar-refractivity contribution in [2.24, 2.45) is 5.92 Å². The van der Waals surface area contributed by atoms with Gasteiger partial charge in [-0.2, -0.15) is 4.98 Å². The Balaban J connectivity index is 1.55. The molecular weight excluding hydrogens is 262 g/mol. The largest absolute Gasteiger partial charge is 0.339 e. The van der Waals surface area contributed by atoms with Gasteiger partial charge in [0.2, 0.25) is 5.89 Å². The zero-order valence-corrected chi connectivity index (χ0v) is 11.8. The van der Waals surface area contributed by atoms with Crippen molar-refractivity contribution in [3.63, 3.8) is 0 Å². The van der Waals surface area contributed by atoms with Crippen LogP contribution in [0.15, 0.2) is 10.7 Å². The summed E-state index contributed by atoms with van der Waals surface area (Å²) >= 11 is 1.48. The lowest BCUT2D eigenvalue weighted by molar-refractivity contribution is 0.161. The molecule has 19 heavy (non-hydrogen) atoms. The van der Waals surface area contributed by atoms with Gasteiger partial charge >= 0.3 is 0 Å². The molecule has 0 spiro atoms. The summed E-state index contributed by atoms with van der Waals surface area (Å²) in [6.07, 6.45) is 5.21. The lowest BCUT2D eigenvalue weighted by Gasteiger charge is -2.31. The van der Waals surface area contributed by atoms with E-state index in [1.807, 2.05) is 13.1 Å². The molecule has 0 aliphatic carbocycles. The van der Waals surface area contributed by atoms with Crippen molar-refractivity contribution in [1.82, 2.24) is 24.6 Å². The smallest absolute Gasteiger partial charge is 0.226 e. The van der Waals surface area contributed by atoms with Crippen LogP contribution in [-0.2, 0) is 13.0 Å². The van der Waals surface area contributed by atoms with Gasteiger partial charge in [0.1, 0.15) is 0 Å². The number of rotatable bonds is 4. The van der Waals surface area contributed by atoms with Gasteiger partial charge in [0, 0.05) is 19.5 Å². The lowest BCUT2D eigenvalue weighted by atomic mass is 9.95. The zero-order chi connectivity index (χ0) is 13.1. The average Bonchev–Trinajstić information content (AvgIpc) is 3.02. The molecule has 2 aromatic heterocycles. The summed E-state index contributed by atoms with van der Waals surface area (Å²) in [5, 5.41) is 7.73. The Bertz CT molecular complexity index is 512. The number of piperidine rings is 1. The van der Waals surface area contributed by atoms with Crippen LogP contribution in [0.4, 0.5) is 0 Å². The summed E-state index contributed by atoms with van der Waals surface area (Å²) < 4.78 is 9.12. The van der Waals surface area contributed by atoms with Gasteiger partial charge in [-0.3, -0.25) is 4.90 Å². The van der Waals surface area contributed by atoms with E-state index in [1.54, 1.807) is 0 Å². The summed E-state index contributed by atoms with van der Waals surface area (Å²) in [5.41, 5.74) is 0. The van der Waals surface area contributed by atoms with Gasteiger partial charge in [0.15, 0.2) is 5.82 Å². The van der Waals surface area contributed by atoms with E-state index in [9.17, 15) is 0 Å². The van der Waals surface area contributed by atoms with Crippen LogP contribution in [-0.4, -0.2) is 37.7 Å². The molecule has 102 valence electrons. The molecule has 0 amide bonds. The summed E-state index contributed by atoms with van der Waals surface area (Å²) in [5.74, 6) is 2.09. The minimum atomic E-state index is 0.606. The van der Waals surface area contributed by atoms with Crippen molar-refractivity contribution in [2.75, 3.05) is 13.1 Å². The Morgan fingerprint density at radius 1 is 1.53 bits per heavy atom. The van der Waals surface area contributed by atoms with Crippen LogP contribution in [0.5, 0.6) is 0 Å². The summed E-state index contributed by atoms with van der Waals surface area (Å²) in [6.45, 7) is 5.05. The Hall–Kier alpha value is -1.34. The average molecular weight is 279 g/mol. The Kier molecular flexibility index (Phi) is 3.84. The number of hydrogen-bond acceptors (Lipinski definition) is 7. The first-order valence-corrected chi connectivity index (χ1v) is 7.35. The van der Waals surface area contributed by atoms with Crippen molar-refractivity contribution in [1.29, 1.82) is 0 Å². The molecule has 2 aromatic rings. The molecule has 6 nitrogen and oxygen atoms in total. The molecule has 1 fully saturated rings. The van der Waals surface area contributed by atoms with Crippen LogP contribution in [0.2, 0.25) is 0 Å². The zero-order valence-electron chi connectivity index (χ0n) is 10.9. The fourth-order valence-corrected chi connectivity index (χ4v) is 3.14. The number of aryl methyl sites for hydroxylation is 1. The first kappa shape index (κ1) is 12.7. The third-order valence-electron chi connectivity index (χ3n) is 3.42. The lowest BCUT2D eigenvalue weighted by Crippen LogP contribution is -2.35. The SMILES string of the molecule is Cc1noc(C[C@H]2CCCN(Cc3cnns3)C2)n1. The third kappa shape index (κ3) is 3.36. The van der Waals surface area contributed by atoms with Crippen molar-refractivity contribution < 1.29 is 4.52 Å². The van der Waals surface area contributed by atoms with Gasteiger partial charge < -0.3 is 4.52 Å². The molecule has 7 heteroatoms. The van der Waals surface area contributed by atoms with Crippen molar-refractivity contribution in [3.05, 3.63) is 22.8 Å². The van der Waals surface area contributed by atoms with Crippen LogP contribution >= 0.6 is 11.5 Å². The fraction of sp³-hybridized carbons (Fsp3) is 0.667. The number of likely N-dealkylation sites (tertiary alicyclic amines) is 1. The number of nitrogens with zero attached hydrogens (tertiary/aromatic N) is 5. The van der Waals surface area contributed by atoms with Gasteiger partial charge in [-0.1, -0.05) is 9.64 Å². The van der Waals surface area contributed by atoms with E-state index < -0.39 is 0 Å². The molecule has 0 N–H and O–H groups in total. The van der Waals surface area contributed by atoms with Gasteiger partial charge in [-0.15, -0.1) is 5.10 Å². The molecule has 3 rings (SSSR count). The van der Waals surface area contributed by atoms with Gasteiger partial charge in [-0.05, 0) is 43.8 Å². The molecule has 0 aromatic carbocycles. The molecule has 1 aliphatic rings. The standard InChI is InChI=1S/C12H17N5OS/c1-9-14-12(18-15-9)5-10-3-2-4-17(7-10)8-11-6-13-16-19-11/h6,10H,2-5,7-8H2,1H3/t10-/m1/s1. The van der Waals surface area contributed by atoms with Crippen LogP contribution in [0, 0.1) is 12.8 Å². The van der Waals surface area contributed by atoms with Crippen LogP contribution in [0.1, 0.15) is 29.4 Å². The molecule has 1 saturated heterocycles.